The smallest absolute Gasteiger partial charge is 0.171 e. The number of hydrogen-bond acceptors (Lipinski definition) is 6. The van der Waals surface area contributed by atoms with Gasteiger partial charge in [0.15, 0.2) is 10.1 Å². The Morgan fingerprint density at radius 2 is 1.30 bits per heavy atom. The van der Waals surface area contributed by atoms with Crippen molar-refractivity contribution in [1.29, 1.82) is 0 Å². The molecule has 0 saturated carbocycles. The van der Waals surface area contributed by atoms with Crippen LogP contribution in [0.5, 0.6) is 0 Å². The lowest BCUT2D eigenvalue weighted by Crippen LogP contribution is -2.04. The molecule has 0 aromatic rings. The van der Waals surface area contributed by atoms with E-state index in [1.165, 1.54) is 23.5 Å². The summed E-state index contributed by atoms with van der Waals surface area (Å²) in [5.41, 5.74) is 0. The highest BCUT2D eigenvalue weighted by Crippen LogP contribution is 2.08. The van der Waals surface area contributed by atoms with Gasteiger partial charge in [0, 0.05) is 0 Å². The summed E-state index contributed by atoms with van der Waals surface area (Å²) >= 11 is 2.43. The van der Waals surface area contributed by atoms with E-state index in [1.807, 2.05) is 0 Å². The Morgan fingerprint density at radius 3 is 1.40 bits per heavy atom. The van der Waals surface area contributed by atoms with Crippen molar-refractivity contribution in [3.8, 4) is 0 Å². The Bertz CT molecular complexity index is 139. The number of oxime groups is 2. The van der Waals surface area contributed by atoms with Gasteiger partial charge in [0.05, 0.1) is 0 Å². The monoisotopic (exact) mass is 180 g/mol. The van der Waals surface area contributed by atoms with E-state index in [1.54, 1.807) is 12.5 Å². The first-order valence-corrected chi connectivity index (χ1v) is 4.77. The number of rotatable bonds is 0. The van der Waals surface area contributed by atoms with Gasteiger partial charge < -0.3 is 10.4 Å². The van der Waals surface area contributed by atoms with Crippen LogP contribution in [-0.4, -0.2) is 33.0 Å². The first kappa shape index (κ1) is 9.64. The highest BCUT2D eigenvalue weighted by molar-refractivity contribution is 8.24. The van der Waals surface area contributed by atoms with Crippen LogP contribution < -0.4 is 0 Å². The molecule has 4 nitrogen and oxygen atoms in total. The van der Waals surface area contributed by atoms with Crippen LogP contribution in [0.1, 0.15) is 0 Å². The van der Waals surface area contributed by atoms with Gasteiger partial charge in [0.2, 0.25) is 0 Å². The molecule has 0 heterocycles. The second kappa shape index (κ2) is 5.43. The van der Waals surface area contributed by atoms with Gasteiger partial charge in [-0.05, 0) is 12.5 Å². The average Bonchev–Trinajstić information content (AvgIpc) is 2.00. The Morgan fingerprint density at radius 1 is 1.00 bits per heavy atom. The van der Waals surface area contributed by atoms with E-state index < -0.39 is 0 Å². The predicted octanol–water partition coefficient (Wildman–Crippen LogP) is 1.29. The molecule has 6 heteroatoms. The van der Waals surface area contributed by atoms with Crippen LogP contribution in [0.25, 0.3) is 0 Å². The summed E-state index contributed by atoms with van der Waals surface area (Å²) in [6, 6.07) is 0. The fourth-order valence-electron chi connectivity index (χ4n) is 0.342. The second-order valence-corrected chi connectivity index (χ2v) is 2.81. The minimum absolute atomic E-state index is 0.315. The van der Waals surface area contributed by atoms with Gasteiger partial charge in [-0.3, -0.25) is 0 Å². The maximum Gasteiger partial charge on any atom is 0.171 e. The third kappa shape index (κ3) is 2.49. The van der Waals surface area contributed by atoms with Gasteiger partial charge in [-0.1, -0.05) is 10.3 Å². The zero-order valence-corrected chi connectivity index (χ0v) is 7.24. The molecule has 0 radical (unpaired) electrons. The summed E-state index contributed by atoms with van der Waals surface area (Å²) in [5.74, 6) is 0. The van der Waals surface area contributed by atoms with E-state index in [0.717, 1.165) is 0 Å². The fourth-order valence-corrected chi connectivity index (χ4v) is 1.44. The molecular formula is C4H8N2O2S2. The molecule has 0 aromatic heterocycles. The molecule has 0 amide bonds. The Balaban J connectivity index is 4.27. The van der Waals surface area contributed by atoms with Crippen LogP contribution in [0.2, 0.25) is 0 Å². The van der Waals surface area contributed by atoms with Gasteiger partial charge in [-0.2, -0.15) is 0 Å². The van der Waals surface area contributed by atoms with Crippen molar-refractivity contribution in [2.45, 2.75) is 0 Å². The SMILES string of the molecule is CSC(=N/O)/C(=N\O)SC. The zero-order chi connectivity index (χ0) is 7.98. The number of nitrogens with zero attached hydrogens (tertiary/aromatic N) is 2. The van der Waals surface area contributed by atoms with E-state index in [2.05, 4.69) is 10.3 Å². The largest absolute Gasteiger partial charge is 0.410 e. The molecule has 0 fully saturated rings. The number of thioether (sulfide) groups is 2. The lowest BCUT2D eigenvalue weighted by molar-refractivity contribution is 0.316. The van der Waals surface area contributed by atoms with Gasteiger partial charge in [0.25, 0.3) is 0 Å². The maximum absolute atomic E-state index is 8.32. The first-order valence-electron chi connectivity index (χ1n) is 2.32. The van der Waals surface area contributed by atoms with Crippen molar-refractivity contribution in [3.05, 3.63) is 0 Å². The van der Waals surface area contributed by atoms with Crippen LogP contribution in [0.4, 0.5) is 0 Å². The topological polar surface area (TPSA) is 65.2 Å². The average molecular weight is 180 g/mol. The van der Waals surface area contributed by atoms with Crippen molar-refractivity contribution in [2.24, 2.45) is 10.3 Å². The molecule has 0 unspecified atom stereocenters. The molecule has 0 saturated heterocycles. The summed E-state index contributed by atoms with van der Waals surface area (Å²) < 4.78 is 0. The van der Waals surface area contributed by atoms with Gasteiger partial charge in [-0.15, -0.1) is 23.5 Å². The Kier molecular flexibility index (Phi) is 5.23. The molecule has 0 rings (SSSR count). The van der Waals surface area contributed by atoms with Crippen molar-refractivity contribution < 1.29 is 10.4 Å². The third-order valence-corrected chi connectivity index (χ3v) is 2.20. The molecule has 58 valence electrons. The maximum atomic E-state index is 8.32. The fraction of sp³-hybridized carbons (Fsp3) is 0.500. The Labute approximate surface area is 67.4 Å². The van der Waals surface area contributed by atoms with E-state index in [4.69, 9.17) is 10.4 Å². The molecule has 2 N–H and O–H groups in total. The highest BCUT2D eigenvalue weighted by Gasteiger charge is 2.06. The molecular weight excluding hydrogens is 172 g/mol. The normalized spacial score (nSPS) is 13.8. The van der Waals surface area contributed by atoms with Crippen LogP contribution >= 0.6 is 23.5 Å². The summed E-state index contributed by atoms with van der Waals surface area (Å²) in [6.07, 6.45) is 3.47. The van der Waals surface area contributed by atoms with Crippen molar-refractivity contribution in [1.82, 2.24) is 0 Å². The minimum Gasteiger partial charge on any atom is -0.410 e. The molecule has 0 aromatic carbocycles. The van der Waals surface area contributed by atoms with E-state index >= 15 is 0 Å². The van der Waals surface area contributed by atoms with E-state index in [0.29, 0.717) is 10.1 Å². The summed E-state index contributed by atoms with van der Waals surface area (Å²) in [4.78, 5) is 0. The summed E-state index contributed by atoms with van der Waals surface area (Å²) in [5, 5.41) is 23.1. The quantitative estimate of drug-likeness (QED) is 0.255. The highest BCUT2D eigenvalue weighted by atomic mass is 32.2. The predicted molar refractivity (Wildman–Crippen MR) is 45.5 cm³/mol. The van der Waals surface area contributed by atoms with Crippen LogP contribution in [-0.2, 0) is 0 Å². The van der Waals surface area contributed by atoms with Crippen molar-refractivity contribution in [3.63, 3.8) is 0 Å². The van der Waals surface area contributed by atoms with E-state index in [9.17, 15) is 0 Å². The lowest BCUT2D eigenvalue weighted by Gasteiger charge is -1.97. The Hall–Kier alpha value is -0.360. The molecule has 10 heavy (non-hydrogen) atoms. The summed E-state index contributed by atoms with van der Waals surface area (Å²) in [6.45, 7) is 0. The molecule has 0 spiro atoms. The zero-order valence-electron chi connectivity index (χ0n) is 5.61. The van der Waals surface area contributed by atoms with Crippen LogP contribution in [0.15, 0.2) is 10.3 Å². The van der Waals surface area contributed by atoms with E-state index in [-0.39, 0.29) is 0 Å². The lowest BCUT2D eigenvalue weighted by atomic mass is 10.8. The first-order chi connectivity index (χ1) is 4.79. The van der Waals surface area contributed by atoms with Gasteiger partial charge >= 0.3 is 0 Å². The van der Waals surface area contributed by atoms with Crippen molar-refractivity contribution in [2.75, 3.05) is 12.5 Å². The van der Waals surface area contributed by atoms with Crippen LogP contribution in [0.3, 0.4) is 0 Å². The van der Waals surface area contributed by atoms with Crippen LogP contribution in [0, 0.1) is 0 Å². The molecule has 0 aliphatic rings. The summed E-state index contributed by atoms with van der Waals surface area (Å²) in [7, 11) is 0. The second-order valence-electron chi connectivity index (χ2n) is 1.22. The van der Waals surface area contributed by atoms with Gasteiger partial charge in [0.1, 0.15) is 0 Å². The number of hydrogen-bond donors (Lipinski definition) is 2. The molecule has 0 aliphatic heterocycles. The minimum atomic E-state index is 0.315. The van der Waals surface area contributed by atoms with Crippen molar-refractivity contribution >= 4 is 33.6 Å². The molecule has 0 atom stereocenters. The standard InChI is InChI=1S/C4H8N2O2S2/c1-9-3(5-7)4(6-8)10-2/h7-8H,1-2H3/b5-3+,6-4+. The van der Waals surface area contributed by atoms with Gasteiger partial charge in [-0.25, -0.2) is 0 Å². The third-order valence-electron chi connectivity index (χ3n) is 0.751. The molecule has 0 aliphatic carbocycles. The molecule has 0 bridgehead atoms.